The first-order valence-corrected chi connectivity index (χ1v) is 4.37. The summed E-state index contributed by atoms with van der Waals surface area (Å²) < 4.78 is 36.9. The van der Waals surface area contributed by atoms with Crippen LogP contribution in [0.5, 0.6) is 0 Å². The summed E-state index contributed by atoms with van der Waals surface area (Å²) in [5, 5.41) is 2.38. The second-order valence-corrected chi connectivity index (χ2v) is 3.16. The number of terminal acetylenes is 1. The Bertz CT molecular complexity index is 393. The minimum absolute atomic E-state index is 0.238. The number of nitrogens with one attached hydrogen (secondary N) is 1. The molecule has 0 saturated carbocycles. The van der Waals surface area contributed by atoms with Gasteiger partial charge < -0.3 is 5.32 Å². The maximum atomic E-state index is 12.3. The third kappa shape index (κ3) is 3.07. The van der Waals surface area contributed by atoms with Gasteiger partial charge in [-0.2, -0.15) is 13.2 Å². The van der Waals surface area contributed by atoms with Crippen molar-refractivity contribution in [1.82, 2.24) is 0 Å². The number of rotatable bonds is 2. The molecule has 5 heteroatoms. The predicted molar refractivity (Wildman–Crippen MR) is 53.8 cm³/mol. The zero-order chi connectivity index (χ0) is 11.5. The van der Waals surface area contributed by atoms with Gasteiger partial charge in [-0.1, -0.05) is 17.5 Å². The van der Waals surface area contributed by atoms with Crippen molar-refractivity contribution in [2.75, 3.05) is 11.9 Å². The van der Waals surface area contributed by atoms with E-state index in [-0.39, 0.29) is 11.6 Å². The van der Waals surface area contributed by atoms with Crippen molar-refractivity contribution in [3.05, 3.63) is 28.8 Å². The van der Waals surface area contributed by atoms with Gasteiger partial charge in [0.2, 0.25) is 0 Å². The van der Waals surface area contributed by atoms with Crippen molar-refractivity contribution in [3.63, 3.8) is 0 Å². The molecule has 1 rings (SSSR count). The molecule has 0 atom stereocenters. The van der Waals surface area contributed by atoms with E-state index in [9.17, 15) is 13.2 Å². The molecule has 0 spiro atoms. The van der Waals surface area contributed by atoms with Crippen LogP contribution in [0.3, 0.4) is 0 Å². The predicted octanol–water partition coefficient (Wildman–Crippen LogP) is 3.40. The normalized spacial score (nSPS) is 10.9. The number of alkyl halides is 3. The summed E-state index contributed by atoms with van der Waals surface area (Å²) in [6.07, 6.45) is 0.559. The quantitative estimate of drug-likeness (QED) is 0.772. The smallest absolute Gasteiger partial charge is 0.374 e. The second-order valence-electron chi connectivity index (χ2n) is 2.75. The molecule has 0 aliphatic heterocycles. The first-order chi connectivity index (χ1) is 6.95. The minimum atomic E-state index is -4.43. The van der Waals surface area contributed by atoms with Gasteiger partial charge in [-0.15, -0.1) is 6.42 Å². The second kappa shape index (κ2) is 4.45. The van der Waals surface area contributed by atoms with E-state index in [1.165, 1.54) is 12.1 Å². The highest BCUT2D eigenvalue weighted by Crippen LogP contribution is 2.35. The van der Waals surface area contributed by atoms with Crippen LogP contribution in [0.1, 0.15) is 5.56 Å². The highest BCUT2D eigenvalue weighted by Gasteiger charge is 2.32. The molecule has 1 aromatic carbocycles. The monoisotopic (exact) mass is 233 g/mol. The van der Waals surface area contributed by atoms with E-state index in [1.54, 1.807) is 0 Å². The van der Waals surface area contributed by atoms with Crippen molar-refractivity contribution in [2.24, 2.45) is 0 Å². The van der Waals surface area contributed by atoms with Crippen LogP contribution in [0.25, 0.3) is 0 Å². The van der Waals surface area contributed by atoms with Crippen LogP contribution in [0.15, 0.2) is 18.2 Å². The summed E-state index contributed by atoms with van der Waals surface area (Å²) in [6.45, 7) is 0.238. The van der Waals surface area contributed by atoms with Gasteiger partial charge in [0, 0.05) is 5.69 Å². The summed E-state index contributed by atoms with van der Waals surface area (Å²) >= 11 is 5.48. The topological polar surface area (TPSA) is 12.0 Å². The first-order valence-electron chi connectivity index (χ1n) is 3.99. The van der Waals surface area contributed by atoms with E-state index in [2.05, 4.69) is 11.2 Å². The Balaban J connectivity index is 2.94. The molecule has 0 aliphatic carbocycles. The van der Waals surface area contributed by atoms with Crippen molar-refractivity contribution in [3.8, 4) is 12.3 Å². The van der Waals surface area contributed by atoms with Gasteiger partial charge >= 0.3 is 6.18 Å². The van der Waals surface area contributed by atoms with Gasteiger partial charge in [0.25, 0.3) is 0 Å². The fourth-order valence-corrected chi connectivity index (χ4v) is 1.30. The molecule has 0 bridgehead atoms. The molecule has 0 fully saturated rings. The van der Waals surface area contributed by atoms with E-state index in [0.717, 1.165) is 6.07 Å². The molecular formula is C10H7ClF3N. The molecule has 1 N–H and O–H groups in total. The van der Waals surface area contributed by atoms with Gasteiger partial charge in [0.1, 0.15) is 0 Å². The Morgan fingerprint density at radius 3 is 2.53 bits per heavy atom. The van der Waals surface area contributed by atoms with Crippen LogP contribution in [-0.4, -0.2) is 6.54 Å². The lowest BCUT2D eigenvalue weighted by Gasteiger charge is -2.10. The Morgan fingerprint density at radius 2 is 2.07 bits per heavy atom. The number of hydrogen-bond acceptors (Lipinski definition) is 1. The third-order valence-corrected chi connectivity index (χ3v) is 1.98. The number of halogens is 4. The Labute approximate surface area is 90.2 Å². The molecule has 15 heavy (non-hydrogen) atoms. The SMILES string of the molecule is C#CCNc1ccc(C(F)(F)F)c(Cl)c1. The highest BCUT2D eigenvalue weighted by atomic mass is 35.5. The molecule has 0 amide bonds. The standard InChI is InChI=1S/C10H7ClF3N/c1-2-5-15-7-3-4-8(9(11)6-7)10(12,13)14/h1,3-4,6,15H,5H2. The lowest BCUT2D eigenvalue weighted by atomic mass is 10.2. The molecule has 1 aromatic rings. The van der Waals surface area contributed by atoms with Gasteiger partial charge in [-0.25, -0.2) is 0 Å². The van der Waals surface area contributed by atoms with E-state index in [4.69, 9.17) is 18.0 Å². The zero-order valence-corrected chi connectivity index (χ0v) is 8.28. The van der Waals surface area contributed by atoms with Gasteiger partial charge in [0.05, 0.1) is 17.1 Å². The molecule has 1 nitrogen and oxygen atoms in total. The highest BCUT2D eigenvalue weighted by molar-refractivity contribution is 6.31. The van der Waals surface area contributed by atoms with Gasteiger partial charge in [-0.05, 0) is 18.2 Å². The first kappa shape index (κ1) is 11.7. The number of hydrogen-bond donors (Lipinski definition) is 1. The Kier molecular flexibility index (Phi) is 3.48. The van der Waals surface area contributed by atoms with E-state index < -0.39 is 11.7 Å². The van der Waals surface area contributed by atoms with E-state index in [1.807, 2.05) is 0 Å². The lowest BCUT2D eigenvalue weighted by Crippen LogP contribution is -2.06. The largest absolute Gasteiger partial charge is 0.417 e. The molecule has 0 aliphatic rings. The molecular weight excluding hydrogens is 227 g/mol. The third-order valence-electron chi connectivity index (χ3n) is 1.67. The van der Waals surface area contributed by atoms with Crippen LogP contribution in [-0.2, 0) is 6.18 Å². The number of benzene rings is 1. The van der Waals surface area contributed by atoms with Crippen LogP contribution in [0.4, 0.5) is 18.9 Å². The fraction of sp³-hybridized carbons (Fsp3) is 0.200. The van der Waals surface area contributed by atoms with Crippen molar-refractivity contribution >= 4 is 17.3 Å². The van der Waals surface area contributed by atoms with Crippen LogP contribution in [0, 0.1) is 12.3 Å². The average Bonchev–Trinajstić information content (AvgIpc) is 2.12. The van der Waals surface area contributed by atoms with Crippen LogP contribution < -0.4 is 5.32 Å². The molecule has 0 aromatic heterocycles. The van der Waals surface area contributed by atoms with Crippen LogP contribution >= 0.6 is 11.6 Å². The zero-order valence-electron chi connectivity index (χ0n) is 7.53. The van der Waals surface area contributed by atoms with E-state index in [0.29, 0.717) is 5.69 Å². The average molecular weight is 234 g/mol. The maximum Gasteiger partial charge on any atom is 0.417 e. The van der Waals surface area contributed by atoms with Crippen molar-refractivity contribution in [1.29, 1.82) is 0 Å². The molecule has 80 valence electrons. The van der Waals surface area contributed by atoms with Gasteiger partial charge in [-0.3, -0.25) is 0 Å². The summed E-state index contributed by atoms with van der Waals surface area (Å²) in [6, 6.07) is 3.40. The molecule has 0 radical (unpaired) electrons. The summed E-state index contributed by atoms with van der Waals surface area (Å²) in [7, 11) is 0. The van der Waals surface area contributed by atoms with Crippen molar-refractivity contribution < 1.29 is 13.2 Å². The maximum absolute atomic E-state index is 12.3. The Morgan fingerprint density at radius 1 is 1.40 bits per heavy atom. The van der Waals surface area contributed by atoms with Crippen molar-refractivity contribution in [2.45, 2.75) is 6.18 Å². The van der Waals surface area contributed by atoms with Gasteiger partial charge in [0.15, 0.2) is 0 Å². The summed E-state index contributed by atoms with van der Waals surface area (Å²) in [5.74, 6) is 2.30. The minimum Gasteiger partial charge on any atom is -0.374 e. The molecule has 0 saturated heterocycles. The Hall–Kier alpha value is -1.34. The fourth-order valence-electron chi connectivity index (χ4n) is 1.01. The van der Waals surface area contributed by atoms with Crippen LogP contribution in [0.2, 0.25) is 5.02 Å². The summed E-state index contributed by atoms with van der Waals surface area (Å²) in [5.41, 5.74) is -0.388. The number of anilines is 1. The summed E-state index contributed by atoms with van der Waals surface area (Å²) in [4.78, 5) is 0. The van der Waals surface area contributed by atoms with E-state index >= 15 is 0 Å². The molecule has 0 unspecified atom stereocenters. The lowest BCUT2D eigenvalue weighted by molar-refractivity contribution is -0.137. The molecule has 0 heterocycles.